The number of fused-ring (bicyclic) bond motifs is 1. The van der Waals surface area contributed by atoms with Gasteiger partial charge in [-0.25, -0.2) is 9.59 Å². The molecule has 1 aromatic carbocycles. The highest BCUT2D eigenvalue weighted by Gasteiger charge is 2.29. The van der Waals surface area contributed by atoms with Crippen molar-refractivity contribution in [2.75, 3.05) is 6.54 Å². The van der Waals surface area contributed by atoms with Crippen LogP contribution in [0.3, 0.4) is 0 Å². The summed E-state index contributed by atoms with van der Waals surface area (Å²) in [4.78, 5) is 19.5. The number of carboxylic acid groups (broad SMARTS) is 2. The molecule has 3 rings (SSSR count). The highest BCUT2D eigenvalue weighted by atomic mass is 16.4. The van der Waals surface area contributed by atoms with Crippen molar-refractivity contribution in [2.45, 2.75) is 56.8 Å². The zero-order valence-corrected chi connectivity index (χ0v) is 14.7. The number of nitrogens with one attached hydrogen (secondary N) is 1. The molecule has 0 bridgehead atoms. The van der Waals surface area contributed by atoms with Gasteiger partial charge in [-0.05, 0) is 42.9 Å². The second-order valence-electron chi connectivity index (χ2n) is 6.84. The number of aliphatic hydroxyl groups excluding tert-OH is 2. The lowest BCUT2D eigenvalue weighted by atomic mass is 9.78. The van der Waals surface area contributed by atoms with E-state index in [4.69, 9.17) is 20.4 Å². The minimum atomic E-state index is -2.27. The minimum Gasteiger partial charge on any atom is -0.479 e. The van der Waals surface area contributed by atoms with E-state index in [2.05, 4.69) is 29.6 Å². The molecule has 26 heavy (non-hydrogen) atoms. The topological polar surface area (TPSA) is 127 Å². The van der Waals surface area contributed by atoms with Gasteiger partial charge >= 0.3 is 11.9 Å². The highest BCUT2D eigenvalue weighted by Crippen LogP contribution is 2.37. The lowest BCUT2D eigenvalue weighted by Crippen LogP contribution is -2.39. The van der Waals surface area contributed by atoms with Crippen LogP contribution < -0.4 is 5.32 Å². The van der Waals surface area contributed by atoms with Gasteiger partial charge in [-0.2, -0.15) is 0 Å². The standard InChI is InChI=1S/C15H21N.C4H6O6/c1-2-7-13(8-3-1)15-14-9-5-4-6-12(14)10-11-16-15;5-1(3(7)8)2(6)4(9)10/h4-6,9,13,15-16H,1-3,7-8,10-11H2;1-2,5-6H,(H,7,8)(H,9,10)/t15-;1-,2-/m00/s1. The molecule has 1 heterocycles. The van der Waals surface area contributed by atoms with Crippen LogP contribution in [0.1, 0.15) is 49.3 Å². The van der Waals surface area contributed by atoms with Gasteiger partial charge in [0.1, 0.15) is 0 Å². The number of aliphatic carboxylic acids is 2. The van der Waals surface area contributed by atoms with E-state index in [1.165, 1.54) is 38.5 Å². The van der Waals surface area contributed by atoms with E-state index in [0.29, 0.717) is 6.04 Å². The van der Waals surface area contributed by atoms with Crippen LogP contribution >= 0.6 is 0 Å². The van der Waals surface area contributed by atoms with Crippen LogP contribution in [0.4, 0.5) is 0 Å². The SMILES string of the molecule is O=C(O)[C@@H](O)[C@H](O)C(=O)O.c1ccc2c(c1)CCN[C@H]2C1CCCCC1. The maximum absolute atomic E-state index is 9.77. The quantitative estimate of drug-likeness (QED) is 0.545. The number of aliphatic hydroxyl groups is 2. The number of carbonyl (C=O) groups is 2. The summed E-state index contributed by atoms with van der Waals surface area (Å²) in [6, 6.07) is 9.67. The normalized spacial score (nSPS) is 22.3. The third kappa shape index (κ3) is 5.27. The molecule has 0 radical (unpaired) electrons. The smallest absolute Gasteiger partial charge is 0.335 e. The van der Waals surface area contributed by atoms with E-state index < -0.39 is 24.1 Å². The maximum atomic E-state index is 9.77. The first-order valence-electron chi connectivity index (χ1n) is 9.04. The van der Waals surface area contributed by atoms with Crippen molar-refractivity contribution in [2.24, 2.45) is 5.92 Å². The molecule has 1 saturated carbocycles. The Balaban J connectivity index is 0.000000213. The first-order chi connectivity index (χ1) is 12.4. The van der Waals surface area contributed by atoms with Crippen LogP contribution in [-0.4, -0.2) is 51.1 Å². The summed E-state index contributed by atoms with van der Waals surface area (Å²) in [6.45, 7) is 1.16. The molecule has 7 heteroatoms. The zero-order valence-electron chi connectivity index (χ0n) is 14.7. The monoisotopic (exact) mass is 365 g/mol. The molecule has 5 N–H and O–H groups in total. The first kappa shape index (κ1) is 20.4. The van der Waals surface area contributed by atoms with Gasteiger partial charge in [-0.15, -0.1) is 0 Å². The van der Waals surface area contributed by atoms with E-state index >= 15 is 0 Å². The Morgan fingerprint density at radius 1 is 0.962 bits per heavy atom. The number of carboxylic acids is 2. The van der Waals surface area contributed by atoms with Gasteiger partial charge in [0.05, 0.1) is 0 Å². The fourth-order valence-corrected chi connectivity index (χ4v) is 3.70. The lowest BCUT2D eigenvalue weighted by molar-refractivity contribution is -0.165. The molecule has 0 unspecified atom stereocenters. The van der Waals surface area contributed by atoms with E-state index in [1.807, 2.05) is 0 Å². The summed E-state index contributed by atoms with van der Waals surface area (Å²) < 4.78 is 0. The average Bonchev–Trinajstić information content (AvgIpc) is 2.67. The largest absolute Gasteiger partial charge is 0.479 e. The Hall–Kier alpha value is -1.96. The van der Waals surface area contributed by atoms with Crippen molar-refractivity contribution in [3.05, 3.63) is 35.4 Å². The second kappa shape index (κ2) is 9.66. The summed E-state index contributed by atoms with van der Waals surface area (Å²) in [5.74, 6) is -2.65. The van der Waals surface area contributed by atoms with Crippen LogP contribution in [0.25, 0.3) is 0 Å². The zero-order chi connectivity index (χ0) is 19.1. The molecule has 2 aliphatic rings. The minimum absolute atomic E-state index is 0.644. The van der Waals surface area contributed by atoms with Gasteiger partial charge in [0.25, 0.3) is 0 Å². The Labute approximate surface area is 152 Å². The van der Waals surface area contributed by atoms with Crippen LogP contribution in [0.2, 0.25) is 0 Å². The highest BCUT2D eigenvalue weighted by molar-refractivity contribution is 5.83. The van der Waals surface area contributed by atoms with Crippen molar-refractivity contribution in [1.82, 2.24) is 5.32 Å². The number of benzene rings is 1. The third-order valence-corrected chi connectivity index (χ3v) is 5.08. The van der Waals surface area contributed by atoms with E-state index in [-0.39, 0.29) is 0 Å². The van der Waals surface area contributed by atoms with Crippen LogP contribution in [-0.2, 0) is 16.0 Å². The molecule has 0 spiro atoms. The predicted molar refractivity (Wildman–Crippen MR) is 94.7 cm³/mol. The number of hydrogen-bond acceptors (Lipinski definition) is 5. The molecule has 3 atom stereocenters. The molecular formula is C19H27NO6. The van der Waals surface area contributed by atoms with Gasteiger partial charge < -0.3 is 25.7 Å². The van der Waals surface area contributed by atoms with E-state index in [1.54, 1.807) is 11.1 Å². The van der Waals surface area contributed by atoms with Crippen molar-refractivity contribution in [3.63, 3.8) is 0 Å². The Morgan fingerprint density at radius 3 is 2.12 bits per heavy atom. The molecule has 1 aromatic rings. The Morgan fingerprint density at radius 2 is 1.54 bits per heavy atom. The summed E-state index contributed by atoms with van der Waals surface area (Å²) in [7, 11) is 0. The van der Waals surface area contributed by atoms with Gasteiger partial charge in [-0.1, -0.05) is 43.5 Å². The molecule has 0 aromatic heterocycles. The van der Waals surface area contributed by atoms with Crippen LogP contribution in [0, 0.1) is 5.92 Å². The molecule has 1 aliphatic heterocycles. The molecule has 0 amide bonds. The summed E-state index contributed by atoms with van der Waals surface area (Å²) in [5.41, 5.74) is 3.16. The van der Waals surface area contributed by atoms with Gasteiger partial charge in [0.2, 0.25) is 0 Å². The Bertz CT molecular complexity index is 596. The van der Waals surface area contributed by atoms with Gasteiger partial charge in [0, 0.05) is 6.04 Å². The average molecular weight is 365 g/mol. The Kier molecular flexibility index (Phi) is 7.56. The van der Waals surface area contributed by atoms with Gasteiger partial charge in [0.15, 0.2) is 12.2 Å². The van der Waals surface area contributed by atoms with Crippen molar-refractivity contribution in [1.29, 1.82) is 0 Å². The fraction of sp³-hybridized carbons (Fsp3) is 0.579. The first-order valence-corrected chi connectivity index (χ1v) is 9.04. The molecular weight excluding hydrogens is 338 g/mol. The summed E-state index contributed by atoms with van der Waals surface area (Å²) in [6.07, 6.45) is 3.84. The third-order valence-electron chi connectivity index (χ3n) is 5.08. The lowest BCUT2D eigenvalue weighted by Gasteiger charge is -2.35. The summed E-state index contributed by atoms with van der Waals surface area (Å²) in [5, 5.41) is 36.3. The van der Waals surface area contributed by atoms with E-state index in [9.17, 15) is 9.59 Å². The van der Waals surface area contributed by atoms with Gasteiger partial charge in [-0.3, -0.25) is 0 Å². The van der Waals surface area contributed by atoms with Crippen LogP contribution in [0.5, 0.6) is 0 Å². The van der Waals surface area contributed by atoms with E-state index in [0.717, 1.165) is 12.5 Å². The predicted octanol–water partition coefficient (Wildman–Crippen LogP) is 1.33. The van der Waals surface area contributed by atoms with Crippen molar-refractivity contribution < 1.29 is 30.0 Å². The molecule has 1 fully saturated rings. The molecule has 144 valence electrons. The molecule has 7 nitrogen and oxygen atoms in total. The summed E-state index contributed by atoms with van der Waals surface area (Å²) >= 11 is 0. The number of rotatable bonds is 4. The maximum Gasteiger partial charge on any atom is 0.335 e. The number of hydrogen-bond donors (Lipinski definition) is 5. The van der Waals surface area contributed by atoms with Crippen molar-refractivity contribution in [3.8, 4) is 0 Å². The second-order valence-corrected chi connectivity index (χ2v) is 6.84. The van der Waals surface area contributed by atoms with Crippen LogP contribution in [0.15, 0.2) is 24.3 Å². The molecule has 1 aliphatic carbocycles. The van der Waals surface area contributed by atoms with Crippen molar-refractivity contribution >= 4 is 11.9 Å². The fourth-order valence-electron chi connectivity index (χ4n) is 3.70. The molecule has 0 saturated heterocycles.